The van der Waals surface area contributed by atoms with Gasteiger partial charge in [-0.25, -0.2) is 0 Å². The summed E-state index contributed by atoms with van der Waals surface area (Å²) >= 11 is 7.19. The summed E-state index contributed by atoms with van der Waals surface area (Å²) in [6, 6.07) is 14.8. The maximum absolute atomic E-state index is 4.14. The number of pyridine rings is 1. The van der Waals surface area contributed by atoms with Gasteiger partial charge in [-0.05, 0) is 53.4 Å². The van der Waals surface area contributed by atoms with Gasteiger partial charge < -0.3 is 5.32 Å². The SMILES string of the molecule is Brc1ccc2c(c1)SC(c1ccncc1)C=C(c1cccs1)N2. The Hall–Kier alpha value is -1.56. The Labute approximate surface area is 151 Å². The van der Waals surface area contributed by atoms with Gasteiger partial charge >= 0.3 is 0 Å². The Balaban J connectivity index is 1.82. The molecular formula is C18H13BrN2S2. The number of thiophene rings is 1. The molecule has 3 heterocycles. The molecule has 1 aliphatic heterocycles. The normalized spacial score (nSPS) is 16.9. The minimum Gasteiger partial charge on any atom is -0.354 e. The second-order valence-electron chi connectivity index (χ2n) is 5.14. The molecule has 0 bridgehead atoms. The number of benzene rings is 1. The lowest BCUT2D eigenvalue weighted by Crippen LogP contribution is -1.97. The quantitative estimate of drug-likeness (QED) is 0.553. The molecule has 0 fully saturated rings. The van der Waals surface area contributed by atoms with Crippen LogP contribution in [0.4, 0.5) is 5.69 Å². The molecule has 1 unspecified atom stereocenters. The van der Waals surface area contributed by atoms with Crippen molar-refractivity contribution in [2.75, 3.05) is 5.32 Å². The number of hydrogen-bond donors (Lipinski definition) is 1. The molecule has 0 radical (unpaired) electrons. The number of halogens is 1. The van der Waals surface area contributed by atoms with Crippen molar-refractivity contribution in [1.82, 2.24) is 4.98 Å². The van der Waals surface area contributed by atoms with E-state index in [1.54, 1.807) is 11.3 Å². The molecule has 1 aromatic carbocycles. The first-order valence-corrected chi connectivity index (χ1v) is 9.74. The number of rotatable bonds is 2. The summed E-state index contributed by atoms with van der Waals surface area (Å²) in [5.41, 5.74) is 3.57. The first-order chi connectivity index (χ1) is 11.3. The number of nitrogens with one attached hydrogen (secondary N) is 1. The first-order valence-electron chi connectivity index (χ1n) is 7.18. The Morgan fingerprint density at radius 1 is 1.09 bits per heavy atom. The third-order valence-electron chi connectivity index (χ3n) is 3.61. The van der Waals surface area contributed by atoms with Crippen molar-refractivity contribution in [3.05, 3.63) is 81.2 Å². The summed E-state index contributed by atoms with van der Waals surface area (Å²) in [4.78, 5) is 6.63. The molecule has 5 heteroatoms. The molecule has 0 spiro atoms. The van der Waals surface area contributed by atoms with Gasteiger partial charge in [0.15, 0.2) is 0 Å². The van der Waals surface area contributed by atoms with E-state index in [9.17, 15) is 0 Å². The van der Waals surface area contributed by atoms with Gasteiger partial charge in [0, 0.05) is 21.8 Å². The van der Waals surface area contributed by atoms with E-state index < -0.39 is 0 Å². The third-order valence-corrected chi connectivity index (χ3v) is 6.26. The van der Waals surface area contributed by atoms with Crippen molar-refractivity contribution >= 4 is 50.4 Å². The highest BCUT2D eigenvalue weighted by molar-refractivity contribution is 9.10. The number of aromatic nitrogens is 1. The molecule has 2 aromatic heterocycles. The van der Waals surface area contributed by atoms with Crippen molar-refractivity contribution < 1.29 is 0 Å². The topological polar surface area (TPSA) is 24.9 Å². The van der Waals surface area contributed by atoms with Crippen LogP contribution in [0, 0.1) is 0 Å². The summed E-state index contributed by atoms with van der Waals surface area (Å²) in [6.45, 7) is 0. The van der Waals surface area contributed by atoms with E-state index >= 15 is 0 Å². The molecule has 0 saturated heterocycles. The molecule has 1 atom stereocenters. The third kappa shape index (κ3) is 3.22. The minimum atomic E-state index is 0.248. The Morgan fingerprint density at radius 3 is 2.74 bits per heavy atom. The predicted octanol–water partition coefficient (Wildman–Crippen LogP) is 6.21. The van der Waals surface area contributed by atoms with Crippen molar-refractivity contribution in [2.45, 2.75) is 10.1 Å². The van der Waals surface area contributed by atoms with Gasteiger partial charge in [0.1, 0.15) is 0 Å². The standard InChI is InChI=1S/C18H13BrN2S2/c19-13-3-4-14-18(10-13)23-17(12-5-7-20-8-6-12)11-15(21-14)16-2-1-9-22-16/h1-11,17,21H. The predicted molar refractivity (Wildman–Crippen MR) is 103 cm³/mol. The molecule has 3 aromatic rings. The van der Waals surface area contributed by atoms with Crippen molar-refractivity contribution in [2.24, 2.45) is 0 Å². The number of nitrogens with zero attached hydrogens (tertiary/aromatic N) is 1. The summed E-state index contributed by atoms with van der Waals surface area (Å²) in [6.07, 6.45) is 6.02. The summed E-state index contributed by atoms with van der Waals surface area (Å²) in [5, 5.41) is 5.96. The van der Waals surface area contributed by atoms with Gasteiger partial charge in [0.2, 0.25) is 0 Å². The largest absolute Gasteiger partial charge is 0.354 e. The van der Waals surface area contributed by atoms with Gasteiger partial charge in [0.25, 0.3) is 0 Å². The van der Waals surface area contributed by atoms with Crippen molar-refractivity contribution in [1.29, 1.82) is 0 Å². The van der Waals surface area contributed by atoms with Crippen molar-refractivity contribution in [3.8, 4) is 0 Å². The Kier molecular flexibility index (Phi) is 4.25. The van der Waals surface area contributed by atoms with Crippen LogP contribution in [0.5, 0.6) is 0 Å². The number of anilines is 1. The zero-order valence-corrected chi connectivity index (χ0v) is 15.3. The van der Waals surface area contributed by atoms with Crippen LogP contribution in [0.15, 0.2) is 75.7 Å². The van der Waals surface area contributed by atoms with Crippen LogP contribution in [0.2, 0.25) is 0 Å². The van der Waals surface area contributed by atoms with Gasteiger partial charge in [-0.2, -0.15) is 0 Å². The van der Waals surface area contributed by atoms with Crippen LogP contribution in [0.25, 0.3) is 5.70 Å². The van der Waals surface area contributed by atoms with E-state index in [1.807, 2.05) is 24.2 Å². The molecule has 1 aliphatic rings. The average Bonchev–Trinajstić information content (AvgIpc) is 3.04. The molecule has 2 nitrogen and oxygen atoms in total. The smallest absolute Gasteiger partial charge is 0.0549 e. The maximum Gasteiger partial charge on any atom is 0.0549 e. The first kappa shape index (κ1) is 15.0. The fourth-order valence-electron chi connectivity index (χ4n) is 2.50. The molecule has 0 saturated carbocycles. The van der Waals surface area contributed by atoms with Crippen LogP contribution in [-0.2, 0) is 0 Å². The lowest BCUT2D eigenvalue weighted by molar-refractivity contribution is 1.19. The molecule has 1 N–H and O–H groups in total. The molecule has 23 heavy (non-hydrogen) atoms. The summed E-state index contributed by atoms with van der Waals surface area (Å²) < 4.78 is 1.10. The second-order valence-corrected chi connectivity index (χ2v) is 8.19. The summed E-state index contributed by atoms with van der Waals surface area (Å²) in [5.74, 6) is 0. The molecule has 0 aliphatic carbocycles. The van der Waals surface area contributed by atoms with E-state index in [2.05, 4.69) is 80.2 Å². The Bertz CT molecular complexity index is 845. The fourth-order valence-corrected chi connectivity index (χ4v) is 4.93. The second kappa shape index (κ2) is 6.51. The molecular weight excluding hydrogens is 388 g/mol. The zero-order valence-electron chi connectivity index (χ0n) is 12.1. The van der Waals surface area contributed by atoms with Crippen LogP contribution in [-0.4, -0.2) is 4.98 Å². The highest BCUT2D eigenvalue weighted by Gasteiger charge is 2.20. The van der Waals surface area contributed by atoms with Crippen LogP contribution in [0.1, 0.15) is 15.7 Å². The molecule has 4 rings (SSSR count). The molecule has 114 valence electrons. The lowest BCUT2D eigenvalue weighted by Gasteiger charge is -2.12. The average molecular weight is 401 g/mol. The van der Waals surface area contributed by atoms with E-state index in [0.29, 0.717) is 0 Å². The molecule has 0 amide bonds. The number of fused-ring (bicyclic) bond motifs is 1. The highest BCUT2D eigenvalue weighted by atomic mass is 79.9. The Morgan fingerprint density at radius 2 is 1.96 bits per heavy atom. The van der Waals surface area contributed by atoms with Crippen molar-refractivity contribution in [3.63, 3.8) is 0 Å². The van der Waals surface area contributed by atoms with Crippen LogP contribution in [0.3, 0.4) is 0 Å². The van der Waals surface area contributed by atoms with E-state index in [4.69, 9.17) is 0 Å². The summed E-state index contributed by atoms with van der Waals surface area (Å²) in [7, 11) is 0. The van der Waals surface area contributed by atoms with E-state index in [0.717, 1.165) is 15.9 Å². The minimum absolute atomic E-state index is 0.248. The van der Waals surface area contributed by atoms with E-state index in [-0.39, 0.29) is 5.25 Å². The van der Waals surface area contributed by atoms with E-state index in [1.165, 1.54) is 15.3 Å². The van der Waals surface area contributed by atoms with Gasteiger partial charge in [-0.1, -0.05) is 22.0 Å². The lowest BCUT2D eigenvalue weighted by atomic mass is 10.1. The van der Waals surface area contributed by atoms with Gasteiger partial charge in [-0.3, -0.25) is 4.98 Å². The maximum atomic E-state index is 4.14. The highest BCUT2D eigenvalue weighted by Crippen LogP contribution is 2.45. The zero-order chi connectivity index (χ0) is 15.6. The van der Waals surface area contributed by atoms with Gasteiger partial charge in [0.05, 0.1) is 21.5 Å². The number of hydrogen-bond acceptors (Lipinski definition) is 4. The number of thioether (sulfide) groups is 1. The fraction of sp³-hybridized carbons (Fsp3) is 0.0556. The monoisotopic (exact) mass is 400 g/mol. The van der Waals surface area contributed by atoms with Crippen LogP contribution < -0.4 is 5.32 Å². The van der Waals surface area contributed by atoms with Crippen LogP contribution >= 0.6 is 39.0 Å². The van der Waals surface area contributed by atoms with Gasteiger partial charge in [-0.15, -0.1) is 23.1 Å².